The van der Waals surface area contributed by atoms with Crippen molar-refractivity contribution in [1.82, 2.24) is 10.0 Å². The Bertz CT molecular complexity index is 754. The summed E-state index contributed by atoms with van der Waals surface area (Å²) in [4.78, 5) is 11.9. The summed E-state index contributed by atoms with van der Waals surface area (Å²) in [6, 6.07) is 8.98. The highest BCUT2D eigenvalue weighted by atomic mass is 32.2. The average molecular weight is 338 g/mol. The number of aliphatic hydroxyl groups is 1. The van der Waals surface area contributed by atoms with Gasteiger partial charge in [-0.15, -0.1) is 0 Å². The fourth-order valence-corrected chi connectivity index (χ4v) is 2.85. The average Bonchev–Trinajstić information content (AvgIpc) is 3.04. The fraction of sp³-hybridized carbons (Fsp3) is 0.267. The summed E-state index contributed by atoms with van der Waals surface area (Å²) < 4.78 is 32.0. The van der Waals surface area contributed by atoms with Crippen LogP contribution in [0.25, 0.3) is 0 Å². The van der Waals surface area contributed by atoms with E-state index in [9.17, 15) is 13.2 Å². The van der Waals surface area contributed by atoms with Crippen molar-refractivity contribution in [2.45, 2.75) is 24.5 Å². The van der Waals surface area contributed by atoms with E-state index < -0.39 is 22.0 Å². The van der Waals surface area contributed by atoms with E-state index in [0.717, 1.165) is 0 Å². The Morgan fingerprint density at radius 1 is 1.30 bits per heavy atom. The highest BCUT2D eigenvalue weighted by Crippen LogP contribution is 2.12. The molecule has 1 aromatic carbocycles. The molecule has 0 saturated carbocycles. The van der Waals surface area contributed by atoms with E-state index in [-0.39, 0.29) is 23.5 Å². The Kier molecular flexibility index (Phi) is 5.54. The molecular weight excluding hydrogens is 320 g/mol. The third-order valence-corrected chi connectivity index (χ3v) is 4.38. The second-order valence-corrected chi connectivity index (χ2v) is 6.76. The standard InChI is InChI=1S/C15H18N2O5S/c1-11(18)9-16-15(19)12-4-2-6-14(8-12)23(20,21)17-10-13-5-3-7-22-13/h2-8,11,17-18H,9-10H2,1H3,(H,16,19)/t11-/m0/s1. The molecule has 0 saturated heterocycles. The number of nitrogens with one attached hydrogen (secondary N) is 2. The molecule has 124 valence electrons. The molecule has 1 heterocycles. The Balaban J connectivity index is 2.09. The fourth-order valence-electron chi connectivity index (χ4n) is 1.81. The van der Waals surface area contributed by atoms with Crippen LogP contribution in [0.5, 0.6) is 0 Å². The minimum Gasteiger partial charge on any atom is -0.468 e. The third kappa shape index (κ3) is 4.92. The molecule has 1 atom stereocenters. The lowest BCUT2D eigenvalue weighted by molar-refractivity contribution is 0.0924. The van der Waals surface area contributed by atoms with Crippen molar-refractivity contribution >= 4 is 15.9 Å². The molecule has 0 spiro atoms. The van der Waals surface area contributed by atoms with Gasteiger partial charge in [-0.25, -0.2) is 13.1 Å². The summed E-state index contributed by atoms with van der Waals surface area (Å²) in [5, 5.41) is 11.7. The van der Waals surface area contributed by atoms with E-state index in [1.165, 1.54) is 30.5 Å². The van der Waals surface area contributed by atoms with Crippen LogP contribution in [0.15, 0.2) is 52.0 Å². The van der Waals surface area contributed by atoms with E-state index in [0.29, 0.717) is 5.76 Å². The van der Waals surface area contributed by atoms with Crippen LogP contribution >= 0.6 is 0 Å². The van der Waals surface area contributed by atoms with E-state index >= 15 is 0 Å². The molecule has 1 amide bonds. The van der Waals surface area contributed by atoms with E-state index in [2.05, 4.69) is 10.0 Å². The monoisotopic (exact) mass is 338 g/mol. The number of carbonyl (C=O) groups is 1. The SMILES string of the molecule is C[C@H](O)CNC(=O)c1cccc(S(=O)(=O)NCc2ccco2)c1. The van der Waals surface area contributed by atoms with Crippen LogP contribution in [0.4, 0.5) is 0 Å². The molecule has 2 rings (SSSR count). The van der Waals surface area contributed by atoms with Crippen molar-refractivity contribution in [2.75, 3.05) is 6.54 Å². The van der Waals surface area contributed by atoms with Gasteiger partial charge in [-0.05, 0) is 37.3 Å². The molecule has 0 bridgehead atoms. The lowest BCUT2D eigenvalue weighted by atomic mass is 10.2. The van der Waals surface area contributed by atoms with Crippen molar-refractivity contribution in [3.8, 4) is 0 Å². The molecule has 0 aliphatic heterocycles. The van der Waals surface area contributed by atoms with Crippen molar-refractivity contribution in [3.05, 3.63) is 54.0 Å². The minimum absolute atomic E-state index is 0.0197. The molecule has 0 unspecified atom stereocenters. The Morgan fingerprint density at radius 3 is 2.74 bits per heavy atom. The number of carbonyl (C=O) groups excluding carboxylic acids is 1. The number of furan rings is 1. The lowest BCUT2D eigenvalue weighted by Gasteiger charge is -2.09. The highest BCUT2D eigenvalue weighted by Gasteiger charge is 2.16. The molecule has 1 aromatic heterocycles. The van der Waals surface area contributed by atoms with Gasteiger partial charge in [0.2, 0.25) is 10.0 Å². The van der Waals surface area contributed by atoms with Crippen LogP contribution in [0.2, 0.25) is 0 Å². The smallest absolute Gasteiger partial charge is 0.251 e. The van der Waals surface area contributed by atoms with Crippen molar-refractivity contribution in [3.63, 3.8) is 0 Å². The molecule has 23 heavy (non-hydrogen) atoms. The lowest BCUT2D eigenvalue weighted by Crippen LogP contribution is -2.30. The Labute approximate surface area is 134 Å². The number of rotatable bonds is 7. The third-order valence-electron chi connectivity index (χ3n) is 2.98. The summed E-state index contributed by atoms with van der Waals surface area (Å²) in [7, 11) is -3.76. The van der Waals surface area contributed by atoms with Gasteiger partial charge in [0.05, 0.1) is 23.8 Å². The van der Waals surface area contributed by atoms with Gasteiger partial charge in [0.25, 0.3) is 5.91 Å². The predicted octanol–water partition coefficient (Wildman–Crippen LogP) is 0.869. The normalized spacial score (nSPS) is 12.8. The summed E-state index contributed by atoms with van der Waals surface area (Å²) in [5.74, 6) is 0.0355. The summed E-state index contributed by atoms with van der Waals surface area (Å²) >= 11 is 0. The predicted molar refractivity (Wildman–Crippen MR) is 83.2 cm³/mol. The second kappa shape index (κ2) is 7.40. The molecule has 7 nitrogen and oxygen atoms in total. The second-order valence-electron chi connectivity index (χ2n) is 4.99. The first-order valence-electron chi connectivity index (χ1n) is 6.97. The topological polar surface area (TPSA) is 109 Å². The molecule has 2 aromatic rings. The molecule has 8 heteroatoms. The molecule has 0 aliphatic carbocycles. The number of amides is 1. The largest absolute Gasteiger partial charge is 0.468 e. The number of aliphatic hydroxyl groups excluding tert-OH is 1. The molecular formula is C15H18N2O5S. The van der Waals surface area contributed by atoms with Crippen LogP contribution in [0.1, 0.15) is 23.0 Å². The first-order chi connectivity index (χ1) is 10.9. The van der Waals surface area contributed by atoms with Crippen molar-refractivity contribution in [2.24, 2.45) is 0 Å². The summed E-state index contributed by atoms with van der Waals surface area (Å²) in [6.45, 7) is 1.65. The molecule has 0 fully saturated rings. The Morgan fingerprint density at radius 2 is 2.09 bits per heavy atom. The maximum Gasteiger partial charge on any atom is 0.251 e. The maximum atomic E-state index is 12.2. The van der Waals surface area contributed by atoms with E-state index in [1.807, 2.05) is 0 Å². The number of benzene rings is 1. The Hall–Kier alpha value is -2.16. The van der Waals surface area contributed by atoms with Crippen molar-refractivity contribution < 1.29 is 22.7 Å². The minimum atomic E-state index is -3.76. The zero-order valence-electron chi connectivity index (χ0n) is 12.5. The zero-order valence-corrected chi connectivity index (χ0v) is 13.3. The van der Waals surface area contributed by atoms with Gasteiger partial charge in [0, 0.05) is 12.1 Å². The van der Waals surface area contributed by atoms with E-state index in [1.54, 1.807) is 19.1 Å². The first kappa shape index (κ1) is 17.2. The van der Waals surface area contributed by atoms with Gasteiger partial charge in [-0.3, -0.25) is 4.79 Å². The van der Waals surface area contributed by atoms with Gasteiger partial charge in [0.15, 0.2) is 0 Å². The van der Waals surface area contributed by atoms with Crippen LogP contribution in [0, 0.1) is 0 Å². The summed E-state index contributed by atoms with van der Waals surface area (Å²) in [5.41, 5.74) is 0.200. The van der Waals surface area contributed by atoms with Crippen LogP contribution in [0.3, 0.4) is 0 Å². The molecule has 3 N–H and O–H groups in total. The first-order valence-corrected chi connectivity index (χ1v) is 8.45. The van der Waals surface area contributed by atoms with Crippen LogP contribution in [-0.2, 0) is 16.6 Å². The number of hydrogen-bond acceptors (Lipinski definition) is 5. The van der Waals surface area contributed by atoms with Crippen molar-refractivity contribution in [1.29, 1.82) is 0 Å². The van der Waals surface area contributed by atoms with Gasteiger partial charge < -0.3 is 14.8 Å². The number of hydrogen-bond donors (Lipinski definition) is 3. The molecule has 0 aliphatic rings. The summed E-state index contributed by atoms with van der Waals surface area (Å²) in [6.07, 6.45) is 0.775. The maximum absolute atomic E-state index is 12.2. The van der Waals surface area contributed by atoms with Gasteiger partial charge in [0.1, 0.15) is 5.76 Å². The zero-order chi connectivity index (χ0) is 16.9. The van der Waals surface area contributed by atoms with Crippen LogP contribution in [-0.4, -0.2) is 32.1 Å². The van der Waals surface area contributed by atoms with Gasteiger partial charge in [-0.2, -0.15) is 0 Å². The number of sulfonamides is 1. The van der Waals surface area contributed by atoms with Gasteiger partial charge in [-0.1, -0.05) is 6.07 Å². The van der Waals surface area contributed by atoms with Gasteiger partial charge >= 0.3 is 0 Å². The van der Waals surface area contributed by atoms with E-state index in [4.69, 9.17) is 9.52 Å². The molecule has 0 radical (unpaired) electrons. The highest BCUT2D eigenvalue weighted by molar-refractivity contribution is 7.89. The van der Waals surface area contributed by atoms with Crippen LogP contribution < -0.4 is 10.0 Å². The quantitative estimate of drug-likeness (QED) is 0.694.